The summed E-state index contributed by atoms with van der Waals surface area (Å²) in [5.74, 6) is -0.773. The van der Waals surface area contributed by atoms with Crippen LogP contribution in [-0.2, 0) is 4.79 Å². The minimum Gasteiger partial charge on any atom is -0.478 e. The van der Waals surface area contributed by atoms with Gasteiger partial charge in [-0.25, -0.2) is 4.79 Å². The summed E-state index contributed by atoms with van der Waals surface area (Å²) < 4.78 is 5.41. The Labute approximate surface area is 141 Å². The number of carboxylic acids is 1. The molecule has 2 rings (SSSR count). The van der Waals surface area contributed by atoms with E-state index in [1.807, 2.05) is 31.2 Å². The van der Waals surface area contributed by atoms with Gasteiger partial charge >= 0.3 is 5.97 Å². The number of carbonyl (C=O) groups is 2. The Bertz CT molecular complexity index is 753. The summed E-state index contributed by atoms with van der Waals surface area (Å²) in [4.78, 5) is 23.2. The van der Waals surface area contributed by atoms with Gasteiger partial charge in [0.2, 0.25) is 0 Å². The largest absolute Gasteiger partial charge is 0.478 e. The molecule has 0 amide bonds. The first kappa shape index (κ1) is 17.5. The molecule has 0 saturated heterocycles. The second kappa shape index (κ2) is 7.13. The number of carboxylic acid groups (broad SMARTS) is 1. The van der Waals surface area contributed by atoms with Crippen molar-refractivity contribution in [3.05, 3.63) is 71.3 Å². The van der Waals surface area contributed by atoms with Crippen LogP contribution in [0.4, 0.5) is 0 Å². The van der Waals surface area contributed by atoms with Gasteiger partial charge in [-0.2, -0.15) is 0 Å². The Kier molecular flexibility index (Phi) is 5.19. The molecule has 2 aromatic carbocycles. The van der Waals surface area contributed by atoms with E-state index in [1.54, 1.807) is 30.3 Å². The number of ketones is 1. The highest BCUT2D eigenvalue weighted by Crippen LogP contribution is 2.19. The van der Waals surface area contributed by atoms with E-state index in [0.717, 1.165) is 5.56 Å². The molecule has 0 saturated carbocycles. The van der Waals surface area contributed by atoms with Gasteiger partial charge in [0.05, 0.1) is 0 Å². The van der Waals surface area contributed by atoms with E-state index in [0.29, 0.717) is 11.3 Å². The summed E-state index contributed by atoms with van der Waals surface area (Å²) in [5.41, 5.74) is 1.31. The zero-order chi connectivity index (χ0) is 17.7. The van der Waals surface area contributed by atoms with Gasteiger partial charge in [-0.3, -0.25) is 4.79 Å². The average Bonchev–Trinajstić information content (AvgIpc) is 2.54. The summed E-state index contributed by atoms with van der Waals surface area (Å²) in [6.07, 6.45) is 3.28. The topological polar surface area (TPSA) is 63.6 Å². The molecule has 0 unspecified atom stereocenters. The minimum absolute atomic E-state index is 0.125. The van der Waals surface area contributed by atoms with Crippen molar-refractivity contribution in [2.24, 2.45) is 0 Å². The van der Waals surface area contributed by atoms with Gasteiger partial charge in [0, 0.05) is 5.56 Å². The number of aliphatic carboxylic acids is 1. The summed E-state index contributed by atoms with van der Waals surface area (Å²) in [6, 6.07) is 14.3. The van der Waals surface area contributed by atoms with Gasteiger partial charge in [-0.05, 0) is 56.7 Å². The van der Waals surface area contributed by atoms with Crippen LogP contribution in [0.1, 0.15) is 35.3 Å². The van der Waals surface area contributed by atoms with Crippen LogP contribution in [0.5, 0.6) is 5.75 Å². The molecule has 0 atom stereocenters. The molecule has 0 radical (unpaired) electrons. The predicted molar refractivity (Wildman–Crippen MR) is 93.3 cm³/mol. The van der Waals surface area contributed by atoms with E-state index in [9.17, 15) is 9.59 Å². The van der Waals surface area contributed by atoms with Gasteiger partial charge in [0.1, 0.15) is 5.75 Å². The van der Waals surface area contributed by atoms with Crippen molar-refractivity contribution in [2.75, 3.05) is 0 Å². The van der Waals surface area contributed by atoms with Crippen LogP contribution >= 0.6 is 0 Å². The number of aryl methyl sites for hydroxylation is 1. The Hall–Kier alpha value is -2.88. The predicted octanol–water partition coefficient (Wildman–Crippen LogP) is 4.13. The molecule has 0 aliphatic heterocycles. The second-order valence-corrected chi connectivity index (χ2v) is 6.05. The molecule has 4 heteroatoms. The van der Waals surface area contributed by atoms with E-state index < -0.39 is 11.6 Å². The Balaban J connectivity index is 2.06. The third kappa shape index (κ3) is 4.56. The standard InChI is InChI=1S/C20H20O4/c1-14-4-6-15(7-5-14)8-13-18(21)16-9-11-17(12-10-16)24-20(2,3)19(22)23/h4-13H,1-3H3,(H,22,23)/b13-8+. The van der Waals surface area contributed by atoms with Gasteiger partial charge in [0.25, 0.3) is 0 Å². The van der Waals surface area contributed by atoms with Crippen LogP contribution < -0.4 is 4.74 Å². The lowest BCUT2D eigenvalue weighted by atomic mass is 10.1. The van der Waals surface area contributed by atoms with Crippen LogP contribution in [0, 0.1) is 6.92 Å². The normalized spacial score (nSPS) is 11.5. The number of allylic oxidation sites excluding steroid dienone is 1. The number of carbonyl (C=O) groups excluding carboxylic acids is 1. The summed E-state index contributed by atoms with van der Waals surface area (Å²) in [5, 5.41) is 9.05. The SMILES string of the molecule is Cc1ccc(/C=C/C(=O)c2ccc(OC(C)(C)C(=O)O)cc2)cc1. The van der Waals surface area contributed by atoms with Crippen molar-refractivity contribution in [1.82, 2.24) is 0 Å². The van der Waals surface area contributed by atoms with Gasteiger partial charge in [-0.1, -0.05) is 35.9 Å². The third-order valence-corrected chi connectivity index (χ3v) is 3.53. The van der Waals surface area contributed by atoms with Crippen LogP contribution in [0.25, 0.3) is 6.08 Å². The van der Waals surface area contributed by atoms with Gasteiger partial charge in [0.15, 0.2) is 11.4 Å². The maximum atomic E-state index is 12.2. The van der Waals surface area contributed by atoms with Crippen molar-refractivity contribution >= 4 is 17.8 Å². The Morgan fingerprint density at radius 3 is 2.12 bits per heavy atom. The van der Waals surface area contributed by atoms with Crippen LogP contribution in [0.15, 0.2) is 54.6 Å². The summed E-state index contributed by atoms with van der Waals surface area (Å²) in [7, 11) is 0. The lowest BCUT2D eigenvalue weighted by Gasteiger charge is -2.21. The van der Waals surface area contributed by atoms with Gasteiger partial charge < -0.3 is 9.84 Å². The lowest BCUT2D eigenvalue weighted by molar-refractivity contribution is -0.152. The number of benzene rings is 2. The van der Waals surface area contributed by atoms with Gasteiger partial charge in [-0.15, -0.1) is 0 Å². The minimum atomic E-state index is -1.32. The molecule has 0 heterocycles. The van der Waals surface area contributed by atoms with E-state index in [2.05, 4.69) is 0 Å². The molecule has 24 heavy (non-hydrogen) atoms. The fourth-order valence-electron chi connectivity index (χ4n) is 1.97. The third-order valence-electron chi connectivity index (χ3n) is 3.53. The Morgan fingerprint density at radius 2 is 1.58 bits per heavy atom. The molecular formula is C20H20O4. The number of rotatable bonds is 6. The summed E-state index contributed by atoms with van der Waals surface area (Å²) in [6.45, 7) is 4.95. The first-order valence-corrected chi connectivity index (χ1v) is 7.59. The number of ether oxygens (including phenoxy) is 1. The van der Waals surface area contributed by atoms with Crippen molar-refractivity contribution in [3.8, 4) is 5.75 Å². The molecule has 4 nitrogen and oxygen atoms in total. The monoisotopic (exact) mass is 324 g/mol. The highest BCUT2D eigenvalue weighted by Gasteiger charge is 2.29. The van der Waals surface area contributed by atoms with Crippen LogP contribution in [0.3, 0.4) is 0 Å². The average molecular weight is 324 g/mol. The molecule has 0 spiro atoms. The molecular weight excluding hydrogens is 304 g/mol. The molecule has 0 aromatic heterocycles. The first-order chi connectivity index (χ1) is 11.3. The van der Waals surface area contributed by atoms with Crippen molar-refractivity contribution in [1.29, 1.82) is 0 Å². The fraction of sp³-hybridized carbons (Fsp3) is 0.200. The zero-order valence-electron chi connectivity index (χ0n) is 13.9. The quantitative estimate of drug-likeness (QED) is 0.641. The molecule has 0 aliphatic carbocycles. The first-order valence-electron chi connectivity index (χ1n) is 7.59. The fourth-order valence-corrected chi connectivity index (χ4v) is 1.97. The van der Waals surface area contributed by atoms with E-state index in [1.165, 1.54) is 25.5 Å². The van der Waals surface area contributed by atoms with E-state index in [-0.39, 0.29) is 5.78 Å². The second-order valence-electron chi connectivity index (χ2n) is 6.05. The molecule has 0 aliphatic rings. The molecule has 2 aromatic rings. The smallest absolute Gasteiger partial charge is 0.347 e. The molecule has 0 bridgehead atoms. The number of hydrogen-bond acceptors (Lipinski definition) is 3. The summed E-state index contributed by atoms with van der Waals surface area (Å²) >= 11 is 0. The maximum absolute atomic E-state index is 12.2. The number of hydrogen-bond donors (Lipinski definition) is 1. The van der Waals surface area contributed by atoms with E-state index in [4.69, 9.17) is 9.84 Å². The molecule has 1 N–H and O–H groups in total. The highest BCUT2D eigenvalue weighted by molar-refractivity contribution is 6.06. The van der Waals surface area contributed by atoms with Crippen LogP contribution in [0.2, 0.25) is 0 Å². The van der Waals surface area contributed by atoms with Crippen LogP contribution in [-0.4, -0.2) is 22.5 Å². The van der Waals surface area contributed by atoms with Crippen molar-refractivity contribution in [2.45, 2.75) is 26.4 Å². The zero-order valence-corrected chi connectivity index (χ0v) is 13.9. The molecule has 0 fully saturated rings. The van der Waals surface area contributed by atoms with Crippen molar-refractivity contribution < 1.29 is 19.4 Å². The maximum Gasteiger partial charge on any atom is 0.347 e. The van der Waals surface area contributed by atoms with Crippen molar-refractivity contribution in [3.63, 3.8) is 0 Å². The lowest BCUT2D eigenvalue weighted by Crippen LogP contribution is -2.37. The highest BCUT2D eigenvalue weighted by atomic mass is 16.5. The molecule has 124 valence electrons. The van der Waals surface area contributed by atoms with E-state index >= 15 is 0 Å². The Morgan fingerprint density at radius 1 is 1.00 bits per heavy atom.